The van der Waals surface area contributed by atoms with Crippen LogP contribution < -0.4 is 10.2 Å². The summed E-state index contributed by atoms with van der Waals surface area (Å²) < 4.78 is 0. The SMILES string of the molecule is CN(CC(=O)Nc1cccc2ccccc12)c1ncnc2sc3c(c12)CCC3. The van der Waals surface area contributed by atoms with Gasteiger partial charge in [0.2, 0.25) is 5.91 Å². The van der Waals surface area contributed by atoms with Crippen molar-refractivity contribution >= 4 is 49.7 Å². The zero-order valence-corrected chi connectivity index (χ0v) is 16.4. The lowest BCUT2D eigenvalue weighted by atomic mass is 10.1. The Labute approximate surface area is 167 Å². The Hall–Kier alpha value is -2.99. The minimum Gasteiger partial charge on any atom is -0.350 e. The van der Waals surface area contributed by atoms with Gasteiger partial charge in [0.1, 0.15) is 17.0 Å². The topological polar surface area (TPSA) is 58.1 Å². The first kappa shape index (κ1) is 17.1. The Morgan fingerprint density at radius 2 is 2.00 bits per heavy atom. The number of hydrogen-bond acceptors (Lipinski definition) is 5. The monoisotopic (exact) mass is 388 g/mol. The minimum absolute atomic E-state index is 0.0579. The highest BCUT2D eigenvalue weighted by atomic mass is 32.1. The molecule has 0 bridgehead atoms. The first-order chi connectivity index (χ1) is 13.7. The first-order valence-electron chi connectivity index (χ1n) is 9.45. The van der Waals surface area contributed by atoms with E-state index >= 15 is 0 Å². The zero-order valence-electron chi connectivity index (χ0n) is 15.6. The molecule has 2 aromatic heterocycles. The van der Waals surface area contributed by atoms with E-state index in [0.29, 0.717) is 0 Å². The molecule has 1 aliphatic rings. The number of thiophene rings is 1. The number of rotatable bonds is 4. The molecule has 4 aromatic rings. The van der Waals surface area contributed by atoms with Crippen LogP contribution in [0, 0.1) is 0 Å². The van der Waals surface area contributed by atoms with Crippen molar-refractivity contribution in [3.63, 3.8) is 0 Å². The van der Waals surface area contributed by atoms with Crippen LogP contribution in [0.15, 0.2) is 48.8 Å². The van der Waals surface area contributed by atoms with E-state index in [1.165, 1.54) is 16.9 Å². The van der Waals surface area contributed by atoms with E-state index in [-0.39, 0.29) is 12.5 Å². The maximum absolute atomic E-state index is 12.8. The van der Waals surface area contributed by atoms with Crippen molar-refractivity contribution in [2.45, 2.75) is 19.3 Å². The van der Waals surface area contributed by atoms with E-state index < -0.39 is 0 Å². The molecule has 0 saturated carbocycles. The normalized spacial score (nSPS) is 13.0. The third-order valence-electron chi connectivity index (χ3n) is 5.29. The average Bonchev–Trinajstić information content (AvgIpc) is 3.29. The summed E-state index contributed by atoms with van der Waals surface area (Å²) in [5.74, 6) is 0.787. The van der Waals surface area contributed by atoms with Crippen LogP contribution in [0.1, 0.15) is 16.9 Å². The molecule has 0 aliphatic heterocycles. The van der Waals surface area contributed by atoms with Crippen molar-refractivity contribution in [2.75, 3.05) is 23.8 Å². The second kappa shape index (κ2) is 6.87. The van der Waals surface area contributed by atoms with Crippen LogP contribution in [-0.4, -0.2) is 29.5 Å². The van der Waals surface area contributed by atoms with Gasteiger partial charge in [-0.05, 0) is 36.3 Å². The largest absolute Gasteiger partial charge is 0.350 e. The van der Waals surface area contributed by atoms with Gasteiger partial charge in [-0.1, -0.05) is 36.4 Å². The molecule has 0 fully saturated rings. The number of hydrogen-bond donors (Lipinski definition) is 1. The molecular weight excluding hydrogens is 368 g/mol. The molecule has 0 radical (unpaired) electrons. The van der Waals surface area contributed by atoms with Crippen molar-refractivity contribution < 1.29 is 4.79 Å². The molecule has 140 valence electrons. The number of anilines is 2. The van der Waals surface area contributed by atoms with Gasteiger partial charge in [0.15, 0.2) is 0 Å². The van der Waals surface area contributed by atoms with Crippen molar-refractivity contribution in [2.24, 2.45) is 0 Å². The lowest BCUT2D eigenvalue weighted by Crippen LogP contribution is -2.30. The zero-order chi connectivity index (χ0) is 19.1. The number of aromatic nitrogens is 2. The lowest BCUT2D eigenvalue weighted by Gasteiger charge is -2.19. The maximum atomic E-state index is 12.8. The van der Waals surface area contributed by atoms with Gasteiger partial charge in [0.25, 0.3) is 0 Å². The highest BCUT2D eigenvalue weighted by Gasteiger charge is 2.23. The molecule has 28 heavy (non-hydrogen) atoms. The Bertz CT molecular complexity index is 1190. The van der Waals surface area contributed by atoms with Crippen LogP contribution in [0.4, 0.5) is 11.5 Å². The van der Waals surface area contributed by atoms with E-state index in [2.05, 4.69) is 15.3 Å². The van der Waals surface area contributed by atoms with Gasteiger partial charge in [-0.25, -0.2) is 9.97 Å². The highest BCUT2D eigenvalue weighted by molar-refractivity contribution is 7.19. The predicted molar refractivity (Wildman–Crippen MR) is 115 cm³/mol. The summed E-state index contributed by atoms with van der Waals surface area (Å²) in [4.78, 5) is 26.1. The number of likely N-dealkylation sites (N-methyl/N-ethyl adjacent to an activating group) is 1. The Balaban J connectivity index is 1.41. The van der Waals surface area contributed by atoms with Gasteiger partial charge in [-0.3, -0.25) is 4.79 Å². The molecule has 1 N–H and O–H groups in total. The molecule has 0 spiro atoms. The van der Waals surface area contributed by atoms with E-state index in [4.69, 9.17) is 0 Å². The molecule has 0 saturated heterocycles. The molecule has 1 amide bonds. The van der Waals surface area contributed by atoms with Crippen molar-refractivity contribution in [1.29, 1.82) is 0 Å². The quantitative estimate of drug-likeness (QED) is 0.563. The van der Waals surface area contributed by atoms with Crippen LogP contribution in [0.3, 0.4) is 0 Å². The van der Waals surface area contributed by atoms with Crippen LogP contribution in [0.2, 0.25) is 0 Å². The molecular formula is C22H20N4OS. The van der Waals surface area contributed by atoms with Crippen LogP contribution >= 0.6 is 11.3 Å². The van der Waals surface area contributed by atoms with Gasteiger partial charge in [-0.2, -0.15) is 0 Å². The van der Waals surface area contributed by atoms with E-state index in [9.17, 15) is 4.79 Å². The van der Waals surface area contributed by atoms with Gasteiger partial charge in [0, 0.05) is 23.0 Å². The predicted octanol–water partition coefficient (Wildman–Crippen LogP) is 4.41. The van der Waals surface area contributed by atoms with Crippen molar-refractivity contribution in [1.82, 2.24) is 9.97 Å². The summed E-state index contributed by atoms with van der Waals surface area (Å²) in [5.41, 5.74) is 2.21. The fourth-order valence-electron chi connectivity index (χ4n) is 4.02. The summed E-state index contributed by atoms with van der Waals surface area (Å²) in [6.07, 6.45) is 4.99. The second-order valence-electron chi connectivity index (χ2n) is 7.17. The number of carbonyl (C=O) groups is 1. The summed E-state index contributed by atoms with van der Waals surface area (Å²) in [7, 11) is 1.92. The van der Waals surface area contributed by atoms with Crippen molar-refractivity contribution in [3.8, 4) is 0 Å². The summed E-state index contributed by atoms with van der Waals surface area (Å²) in [5, 5.41) is 6.34. The molecule has 2 heterocycles. The minimum atomic E-state index is -0.0579. The van der Waals surface area contributed by atoms with E-state index in [1.807, 2.05) is 54.4 Å². The molecule has 5 nitrogen and oxygen atoms in total. The molecule has 2 aromatic carbocycles. The van der Waals surface area contributed by atoms with Gasteiger partial charge >= 0.3 is 0 Å². The third kappa shape index (κ3) is 2.90. The number of amides is 1. The summed E-state index contributed by atoms with van der Waals surface area (Å²) in [6.45, 7) is 0.236. The van der Waals surface area contributed by atoms with E-state index in [0.717, 1.165) is 45.3 Å². The van der Waals surface area contributed by atoms with Crippen molar-refractivity contribution in [3.05, 3.63) is 59.2 Å². The number of benzene rings is 2. The number of fused-ring (bicyclic) bond motifs is 4. The van der Waals surface area contributed by atoms with Crippen LogP contribution in [0.5, 0.6) is 0 Å². The molecule has 1 aliphatic carbocycles. The third-order valence-corrected chi connectivity index (χ3v) is 6.49. The van der Waals surface area contributed by atoms with Gasteiger partial charge in [0.05, 0.1) is 11.9 Å². The maximum Gasteiger partial charge on any atom is 0.243 e. The molecule has 0 unspecified atom stereocenters. The Morgan fingerprint density at radius 1 is 1.14 bits per heavy atom. The lowest BCUT2D eigenvalue weighted by molar-refractivity contribution is -0.114. The number of nitrogens with one attached hydrogen (secondary N) is 1. The first-order valence-corrected chi connectivity index (χ1v) is 10.3. The standard InChI is InChI=1S/C22H20N4OS/c1-26(21-20-16-9-5-11-18(16)28-22(20)24-13-23-21)12-19(27)25-17-10-4-7-14-6-2-3-8-15(14)17/h2-4,6-8,10,13H,5,9,11-12H2,1H3,(H,25,27). The van der Waals surface area contributed by atoms with Crippen LogP contribution in [0.25, 0.3) is 21.0 Å². The summed E-state index contributed by atoms with van der Waals surface area (Å²) >= 11 is 1.76. The molecule has 6 heteroatoms. The number of carbonyl (C=O) groups excluding carboxylic acids is 1. The second-order valence-corrected chi connectivity index (χ2v) is 8.25. The van der Waals surface area contributed by atoms with Gasteiger partial charge < -0.3 is 10.2 Å². The molecule has 0 atom stereocenters. The smallest absolute Gasteiger partial charge is 0.243 e. The summed E-state index contributed by atoms with van der Waals surface area (Å²) in [6, 6.07) is 14.0. The van der Waals surface area contributed by atoms with Crippen LogP contribution in [-0.2, 0) is 17.6 Å². The Morgan fingerprint density at radius 3 is 2.93 bits per heavy atom. The average molecular weight is 388 g/mol. The number of nitrogens with zero attached hydrogens (tertiary/aromatic N) is 3. The van der Waals surface area contributed by atoms with E-state index in [1.54, 1.807) is 17.7 Å². The number of aryl methyl sites for hydroxylation is 2. The fourth-order valence-corrected chi connectivity index (χ4v) is 5.24. The fraction of sp³-hybridized carbons (Fsp3) is 0.227. The highest BCUT2D eigenvalue weighted by Crippen LogP contribution is 2.39. The van der Waals surface area contributed by atoms with Gasteiger partial charge in [-0.15, -0.1) is 11.3 Å². The Kier molecular flexibility index (Phi) is 4.20. The molecule has 5 rings (SSSR count).